The Kier molecular flexibility index (Phi) is 4.85. The summed E-state index contributed by atoms with van der Waals surface area (Å²) in [6, 6.07) is 1.42. The van der Waals surface area contributed by atoms with E-state index in [9.17, 15) is 9.18 Å². The molecule has 0 saturated carbocycles. The lowest BCUT2D eigenvalue weighted by atomic mass is 10.1. The molecule has 1 atom stereocenters. The van der Waals surface area contributed by atoms with Crippen LogP contribution in [0.3, 0.4) is 0 Å². The fourth-order valence-electron chi connectivity index (χ4n) is 1.23. The Labute approximate surface area is 94.1 Å². The molecule has 0 saturated heterocycles. The van der Waals surface area contributed by atoms with Gasteiger partial charge in [0.2, 0.25) is 0 Å². The van der Waals surface area contributed by atoms with E-state index in [1.165, 1.54) is 12.3 Å². The van der Waals surface area contributed by atoms with Gasteiger partial charge in [-0.25, -0.2) is 4.39 Å². The molecule has 88 valence electrons. The van der Waals surface area contributed by atoms with Crippen LogP contribution >= 0.6 is 0 Å². The third kappa shape index (κ3) is 3.58. The van der Waals surface area contributed by atoms with Crippen molar-refractivity contribution in [1.82, 2.24) is 10.3 Å². The van der Waals surface area contributed by atoms with Gasteiger partial charge in [0.15, 0.2) is 5.82 Å². The second-order valence-corrected chi connectivity index (χ2v) is 3.57. The maximum Gasteiger partial charge on any atom is 0.254 e. The summed E-state index contributed by atoms with van der Waals surface area (Å²) in [6.45, 7) is 2.44. The van der Waals surface area contributed by atoms with Gasteiger partial charge in [0.25, 0.3) is 5.91 Å². The number of halogens is 1. The molecule has 5 heteroatoms. The Morgan fingerprint density at radius 3 is 3.06 bits per heavy atom. The van der Waals surface area contributed by atoms with Crippen LogP contribution in [0.15, 0.2) is 18.5 Å². The van der Waals surface area contributed by atoms with Crippen molar-refractivity contribution in [2.75, 3.05) is 6.54 Å². The van der Waals surface area contributed by atoms with Crippen molar-refractivity contribution in [2.24, 2.45) is 5.73 Å². The molecule has 0 fully saturated rings. The summed E-state index contributed by atoms with van der Waals surface area (Å²) < 4.78 is 13.1. The summed E-state index contributed by atoms with van der Waals surface area (Å²) in [6.07, 6.45) is 3.96. The molecule has 0 radical (unpaired) electrons. The normalized spacial score (nSPS) is 12.2. The van der Waals surface area contributed by atoms with Crippen LogP contribution in [-0.4, -0.2) is 23.5 Å². The van der Waals surface area contributed by atoms with E-state index in [1.807, 2.05) is 6.92 Å². The van der Waals surface area contributed by atoms with Crippen molar-refractivity contribution in [2.45, 2.75) is 25.8 Å². The Morgan fingerprint density at radius 1 is 1.69 bits per heavy atom. The predicted molar refractivity (Wildman–Crippen MR) is 59.4 cm³/mol. The lowest BCUT2D eigenvalue weighted by Crippen LogP contribution is -2.30. The van der Waals surface area contributed by atoms with Gasteiger partial charge in [0, 0.05) is 18.8 Å². The molecule has 16 heavy (non-hydrogen) atoms. The summed E-state index contributed by atoms with van der Waals surface area (Å²) in [4.78, 5) is 15.1. The first kappa shape index (κ1) is 12.6. The molecule has 1 heterocycles. The smallest absolute Gasteiger partial charge is 0.254 e. The van der Waals surface area contributed by atoms with E-state index in [4.69, 9.17) is 5.73 Å². The van der Waals surface area contributed by atoms with Crippen LogP contribution in [0.1, 0.15) is 30.1 Å². The van der Waals surface area contributed by atoms with Crippen molar-refractivity contribution in [3.05, 3.63) is 29.8 Å². The van der Waals surface area contributed by atoms with Crippen LogP contribution in [0.4, 0.5) is 4.39 Å². The Morgan fingerprint density at radius 2 is 2.44 bits per heavy atom. The van der Waals surface area contributed by atoms with Gasteiger partial charge >= 0.3 is 0 Å². The first-order chi connectivity index (χ1) is 7.65. The minimum Gasteiger partial charge on any atom is -0.352 e. The molecule has 3 N–H and O–H groups in total. The molecule has 0 bridgehead atoms. The summed E-state index contributed by atoms with van der Waals surface area (Å²) in [5.74, 6) is -1.04. The van der Waals surface area contributed by atoms with Gasteiger partial charge in [-0.1, -0.05) is 6.92 Å². The minimum absolute atomic E-state index is 0.0140. The van der Waals surface area contributed by atoms with Crippen LogP contribution < -0.4 is 11.1 Å². The van der Waals surface area contributed by atoms with Crippen LogP contribution in [-0.2, 0) is 0 Å². The number of carbonyl (C=O) groups is 1. The number of hydrogen-bond donors (Lipinski definition) is 2. The maximum absolute atomic E-state index is 13.1. The van der Waals surface area contributed by atoms with Crippen LogP contribution in [0.5, 0.6) is 0 Å². The van der Waals surface area contributed by atoms with E-state index >= 15 is 0 Å². The summed E-state index contributed by atoms with van der Waals surface area (Å²) in [7, 11) is 0. The van der Waals surface area contributed by atoms with Gasteiger partial charge in [-0.3, -0.25) is 9.78 Å². The lowest BCUT2D eigenvalue weighted by Gasteiger charge is -2.09. The van der Waals surface area contributed by atoms with Crippen LogP contribution in [0.2, 0.25) is 0 Å². The molecule has 0 aliphatic rings. The second kappa shape index (κ2) is 6.17. The third-order valence-electron chi connectivity index (χ3n) is 2.34. The van der Waals surface area contributed by atoms with Gasteiger partial charge in [-0.15, -0.1) is 0 Å². The fourth-order valence-corrected chi connectivity index (χ4v) is 1.23. The number of pyridine rings is 1. The highest BCUT2D eigenvalue weighted by Crippen LogP contribution is 2.03. The van der Waals surface area contributed by atoms with Crippen molar-refractivity contribution >= 4 is 5.91 Å². The molecular weight excluding hydrogens is 209 g/mol. The first-order valence-corrected chi connectivity index (χ1v) is 5.28. The van der Waals surface area contributed by atoms with Crippen molar-refractivity contribution in [3.8, 4) is 0 Å². The lowest BCUT2D eigenvalue weighted by molar-refractivity contribution is 0.0948. The number of amides is 1. The highest BCUT2D eigenvalue weighted by Gasteiger charge is 2.10. The molecule has 1 amide bonds. The molecule has 0 aliphatic carbocycles. The quantitative estimate of drug-likeness (QED) is 0.787. The molecule has 0 aromatic carbocycles. The Balaban J connectivity index is 2.44. The zero-order valence-electron chi connectivity index (χ0n) is 9.24. The van der Waals surface area contributed by atoms with Gasteiger partial charge in [0.05, 0.1) is 11.8 Å². The molecule has 1 rings (SSSR count). The number of rotatable bonds is 5. The molecule has 1 unspecified atom stereocenters. The molecule has 1 aromatic heterocycles. The van der Waals surface area contributed by atoms with E-state index in [-0.39, 0.29) is 11.6 Å². The van der Waals surface area contributed by atoms with Crippen LogP contribution in [0.25, 0.3) is 0 Å². The van der Waals surface area contributed by atoms with Crippen molar-refractivity contribution < 1.29 is 9.18 Å². The number of hydrogen-bond acceptors (Lipinski definition) is 3. The second-order valence-electron chi connectivity index (χ2n) is 3.57. The van der Waals surface area contributed by atoms with Crippen LogP contribution in [0, 0.1) is 5.82 Å². The topological polar surface area (TPSA) is 68.0 Å². The number of carbonyl (C=O) groups excluding carboxylic acids is 1. The van der Waals surface area contributed by atoms with Gasteiger partial charge in [0.1, 0.15) is 0 Å². The molecule has 0 aliphatic heterocycles. The van der Waals surface area contributed by atoms with E-state index in [2.05, 4.69) is 10.3 Å². The monoisotopic (exact) mass is 225 g/mol. The first-order valence-electron chi connectivity index (χ1n) is 5.28. The highest BCUT2D eigenvalue weighted by atomic mass is 19.1. The summed E-state index contributed by atoms with van der Waals surface area (Å²) in [5.41, 5.74) is 5.71. The molecule has 1 aromatic rings. The van der Waals surface area contributed by atoms with Crippen molar-refractivity contribution in [1.29, 1.82) is 0 Å². The van der Waals surface area contributed by atoms with E-state index < -0.39 is 11.7 Å². The molecular formula is C11H16FN3O. The maximum atomic E-state index is 13.1. The number of nitrogens with one attached hydrogen (secondary N) is 1. The molecule has 0 spiro atoms. The predicted octanol–water partition coefficient (Wildman–Crippen LogP) is 1.08. The summed E-state index contributed by atoms with van der Waals surface area (Å²) >= 11 is 0. The van der Waals surface area contributed by atoms with E-state index in [0.29, 0.717) is 13.0 Å². The minimum atomic E-state index is -0.611. The number of nitrogens with zero attached hydrogens (tertiary/aromatic N) is 1. The average Bonchev–Trinajstić information content (AvgIpc) is 2.29. The number of nitrogens with two attached hydrogens (primary N) is 1. The standard InChI is InChI=1S/C11H16FN3O/c1-2-8(13)3-6-15-11(16)9-4-5-14-7-10(9)12/h4-5,7-8H,2-3,6,13H2,1H3,(H,15,16). The molecule has 4 nitrogen and oxygen atoms in total. The Bertz CT molecular complexity index is 357. The highest BCUT2D eigenvalue weighted by molar-refractivity contribution is 5.94. The summed E-state index contributed by atoms with van der Waals surface area (Å²) in [5, 5.41) is 2.62. The average molecular weight is 225 g/mol. The van der Waals surface area contributed by atoms with Gasteiger partial charge in [-0.05, 0) is 18.9 Å². The zero-order chi connectivity index (χ0) is 12.0. The van der Waals surface area contributed by atoms with Gasteiger partial charge in [-0.2, -0.15) is 0 Å². The zero-order valence-corrected chi connectivity index (χ0v) is 9.24. The number of aromatic nitrogens is 1. The third-order valence-corrected chi connectivity index (χ3v) is 2.34. The largest absolute Gasteiger partial charge is 0.352 e. The fraction of sp³-hybridized carbons (Fsp3) is 0.455. The van der Waals surface area contributed by atoms with E-state index in [0.717, 1.165) is 12.6 Å². The SMILES string of the molecule is CCC(N)CCNC(=O)c1ccncc1F. The Hall–Kier alpha value is -1.49. The van der Waals surface area contributed by atoms with E-state index in [1.54, 1.807) is 0 Å². The van der Waals surface area contributed by atoms with Gasteiger partial charge < -0.3 is 11.1 Å². The van der Waals surface area contributed by atoms with Crippen molar-refractivity contribution in [3.63, 3.8) is 0 Å².